The zero-order chi connectivity index (χ0) is 12.1. The standard InChI is InChI=1S/C7H18N2O4S2/c1-9(5-7-14(2,10)11)4-3-6-15(8,12)13/h3-7H2,1-2H3,(H2,8,12,13). The second kappa shape index (κ2) is 5.78. The van der Waals surface area contributed by atoms with Crippen molar-refractivity contribution in [2.24, 2.45) is 5.14 Å². The summed E-state index contributed by atoms with van der Waals surface area (Å²) >= 11 is 0. The lowest BCUT2D eigenvalue weighted by Gasteiger charge is -2.15. The average molecular weight is 258 g/mol. The summed E-state index contributed by atoms with van der Waals surface area (Å²) in [6.45, 7) is 0.926. The summed E-state index contributed by atoms with van der Waals surface area (Å²) in [6.07, 6.45) is 1.59. The summed E-state index contributed by atoms with van der Waals surface area (Å²) < 4.78 is 42.8. The van der Waals surface area contributed by atoms with Crippen LogP contribution in [0.2, 0.25) is 0 Å². The number of primary sulfonamides is 1. The van der Waals surface area contributed by atoms with Crippen LogP contribution in [-0.2, 0) is 19.9 Å². The fourth-order valence-corrected chi connectivity index (χ4v) is 2.14. The van der Waals surface area contributed by atoms with Crippen molar-refractivity contribution in [2.75, 3.05) is 37.9 Å². The van der Waals surface area contributed by atoms with Crippen molar-refractivity contribution in [3.05, 3.63) is 0 Å². The van der Waals surface area contributed by atoms with Crippen LogP contribution in [0.1, 0.15) is 6.42 Å². The summed E-state index contributed by atoms with van der Waals surface area (Å²) in [5.41, 5.74) is 0. The Kier molecular flexibility index (Phi) is 5.71. The van der Waals surface area contributed by atoms with E-state index in [-0.39, 0.29) is 11.5 Å². The molecule has 0 radical (unpaired) electrons. The predicted octanol–water partition coefficient (Wildman–Crippen LogP) is -1.36. The van der Waals surface area contributed by atoms with Crippen LogP contribution >= 0.6 is 0 Å². The number of hydrogen-bond donors (Lipinski definition) is 1. The molecular formula is C7H18N2O4S2. The Morgan fingerprint density at radius 1 is 1.07 bits per heavy atom. The molecule has 0 atom stereocenters. The van der Waals surface area contributed by atoms with Gasteiger partial charge in [-0.05, 0) is 20.0 Å². The molecule has 0 fully saturated rings. The van der Waals surface area contributed by atoms with Crippen LogP contribution in [0.5, 0.6) is 0 Å². The summed E-state index contributed by atoms with van der Waals surface area (Å²) in [5.74, 6) is 0.00902. The van der Waals surface area contributed by atoms with Crippen molar-refractivity contribution in [1.82, 2.24) is 4.90 Å². The number of sulfone groups is 1. The lowest BCUT2D eigenvalue weighted by molar-refractivity contribution is 0.354. The molecule has 0 aromatic rings. The summed E-state index contributed by atoms with van der Waals surface area (Å²) in [5, 5.41) is 4.82. The molecule has 0 saturated carbocycles. The second-order valence-corrected chi connectivity index (χ2v) is 7.65. The first-order valence-electron chi connectivity index (χ1n) is 4.47. The first-order chi connectivity index (χ1) is 6.60. The maximum atomic E-state index is 10.8. The molecule has 0 amide bonds. The van der Waals surface area contributed by atoms with Crippen molar-refractivity contribution >= 4 is 19.9 Å². The molecule has 0 aliphatic heterocycles. The number of nitrogens with zero attached hydrogens (tertiary/aromatic N) is 1. The van der Waals surface area contributed by atoms with Crippen LogP contribution in [0.15, 0.2) is 0 Å². The molecule has 6 nitrogen and oxygen atoms in total. The third kappa shape index (κ3) is 11.7. The molecule has 0 aromatic carbocycles. The van der Waals surface area contributed by atoms with Gasteiger partial charge in [-0.1, -0.05) is 0 Å². The Balaban J connectivity index is 3.72. The maximum Gasteiger partial charge on any atom is 0.209 e. The molecule has 0 heterocycles. The predicted molar refractivity (Wildman–Crippen MR) is 59.8 cm³/mol. The van der Waals surface area contributed by atoms with Gasteiger partial charge in [0, 0.05) is 12.8 Å². The number of hydrogen-bond acceptors (Lipinski definition) is 5. The molecule has 8 heteroatoms. The van der Waals surface area contributed by atoms with Crippen LogP contribution in [-0.4, -0.2) is 59.6 Å². The molecule has 92 valence electrons. The van der Waals surface area contributed by atoms with Crippen molar-refractivity contribution in [3.63, 3.8) is 0 Å². The van der Waals surface area contributed by atoms with Gasteiger partial charge in [-0.15, -0.1) is 0 Å². The minimum atomic E-state index is -3.41. The highest BCUT2D eigenvalue weighted by molar-refractivity contribution is 7.90. The van der Waals surface area contributed by atoms with E-state index >= 15 is 0 Å². The largest absolute Gasteiger partial charge is 0.305 e. The van der Waals surface area contributed by atoms with Crippen molar-refractivity contribution in [3.8, 4) is 0 Å². The van der Waals surface area contributed by atoms with Crippen LogP contribution in [0.4, 0.5) is 0 Å². The third-order valence-corrected chi connectivity index (χ3v) is 3.59. The Morgan fingerprint density at radius 3 is 2.00 bits per heavy atom. The molecule has 0 aliphatic rings. The van der Waals surface area contributed by atoms with Gasteiger partial charge in [0.15, 0.2) is 0 Å². The maximum absolute atomic E-state index is 10.8. The van der Waals surface area contributed by atoms with Gasteiger partial charge in [0.05, 0.1) is 11.5 Å². The number of nitrogens with two attached hydrogens (primary N) is 1. The molecule has 0 aromatic heterocycles. The Morgan fingerprint density at radius 2 is 1.60 bits per heavy atom. The lowest BCUT2D eigenvalue weighted by atomic mass is 10.4. The SMILES string of the molecule is CN(CCCS(N)(=O)=O)CCS(C)(=O)=O. The molecule has 0 aliphatic carbocycles. The smallest absolute Gasteiger partial charge is 0.209 e. The van der Waals surface area contributed by atoms with E-state index in [2.05, 4.69) is 0 Å². The van der Waals surface area contributed by atoms with Gasteiger partial charge in [0.25, 0.3) is 0 Å². The van der Waals surface area contributed by atoms with E-state index in [1.165, 1.54) is 6.26 Å². The Hall–Kier alpha value is -0.180. The molecule has 15 heavy (non-hydrogen) atoms. The average Bonchev–Trinajstić information content (AvgIpc) is 1.97. The highest BCUT2D eigenvalue weighted by atomic mass is 32.2. The fourth-order valence-electron chi connectivity index (χ4n) is 0.969. The van der Waals surface area contributed by atoms with Gasteiger partial charge in [-0.25, -0.2) is 22.0 Å². The van der Waals surface area contributed by atoms with Gasteiger partial charge in [0.2, 0.25) is 10.0 Å². The van der Waals surface area contributed by atoms with Gasteiger partial charge in [0.1, 0.15) is 9.84 Å². The Bertz CT molecular complexity index is 374. The van der Waals surface area contributed by atoms with E-state index in [1.54, 1.807) is 11.9 Å². The zero-order valence-corrected chi connectivity index (χ0v) is 10.6. The minimum Gasteiger partial charge on any atom is -0.305 e. The van der Waals surface area contributed by atoms with E-state index in [0.717, 1.165) is 0 Å². The molecular weight excluding hydrogens is 240 g/mol. The van der Waals surface area contributed by atoms with Crippen molar-refractivity contribution < 1.29 is 16.8 Å². The van der Waals surface area contributed by atoms with Gasteiger partial charge < -0.3 is 4.90 Å². The fraction of sp³-hybridized carbons (Fsp3) is 1.00. The van der Waals surface area contributed by atoms with Crippen LogP contribution < -0.4 is 5.14 Å². The quantitative estimate of drug-likeness (QED) is 0.608. The van der Waals surface area contributed by atoms with E-state index in [1.807, 2.05) is 0 Å². The third-order valence-electron chi connectivity index (χ3n) is 1.81. The highest BCUT2D eigenvalue weighted by Crippen LogP contribution is 1.92. The summed E-state index contributed by atoms with van der Waals surface area (Å²) in [4.78, 5) is 1.77. The van der Waals surface area contributed by atoms with Gasteiger partial charge in [-0.3, -0.25) is 0 Å². The summed E-state index contributed by atoms with van der Waals surface area (Å²) in [7, 11) is -4.62. The van der Waals surface area contributed by atoms with E-state index in [0.29, 0.717) is 19.5 Å². The van der Waals surface area contributed by atoms with E-state index < -0.39 is 19.9 Å². The number of rotatable bonds is 7. The molecule has 0 unspecified atom stereocenters. The van der Waals surface area contributed by atoms with Gasteiger partial charge >= 0.3 is 0 Å². The van der Waals surface area contributed by atoms with Crippen molar-refractivity contribution in [2.45, 2.75) is 6.42 Å². The van der Waals surface area contributed by atoms with Crippen molar-refractivity contribution in [1.29, 1.82) is 0 Å². The van der Waals surface area contributed by atoms with Gasteiger partial charge in [-0.2, -0.15) is 0 Å². The van der Waals surface area contributed by atoms with E-state index in [9.17, 15) is 16.8 Å². The number of sulfonamides is 1. The Labute approximate surface area is 91.4 Å². The lowest BCUT2D eigenvalue weighted by Crippen LogP contribution is -2.28. The second-order valence-electron chi connectivity index (χ2n) is 3.65. The topological polar surface area (TPSA) is 97.5 Å². The first-order valence-corrected chi connectivity index (χ1v) is 8.24. The molecule has 0 saturated heterocycles. The highest BCUT2D eigenvalue weighted by Gasteiger charge is 2.07. The zero-order valence-electron chi connectivity index (χ0n) is 9.01. The van der Waals surface area contributed by atoms with Crippen LogP contribution in [0.25, 0.3) is 0 Å². The summed E-state index contributed by atoms with van der Waals surface area (Å²) in [6, 6.07) is 0. The van der Waals surface area contributed by atoms with E-state index in [4.69, 9.17) is 5.14 Å². The monoisotopic (exact) mass is 258 g/mol. The first kappa shape index (κ1) is 14.8. The molecule has 0 rings (SSSR count). The minimum absolute atomic E-state index is 0.0732. The van der Waals surface area contributed by atoms with Crippen LogP contribution in [0.3, 0.4) is 0 Å². The molecule has 0 bridgehead atoms. The normalized spacial score (nSPS) is 13.3. The molecule has 0 spiro atoms. The van der Waals surface area contributed by atoms with Crippen LogP contribution in [0, 0.1) is 0 Å². The molecule has 2 N–H and O–H groups in total.